The number of nitrogens with zero attached hydrogens (tertiary/aromatic N) is 2. The van der Waals surface area contributed by atoms with Crippen molar-refractivity contribution in [3.8, 4) is 16.8 Å². The zero-order valence-corrected chi connectivity index (χ0v) is 29.3. The van der Waals surface area contributed by atoms with Gasteiger partial charge in [0.15, 0.2) is 0 Å². The molecule has 0 saturated heterocycles. The minimum absolute atomic E-state index is 1.06. The van der Waals surface area contributed by atoms with Gasteiger partial charge in [-0.1, -0.05) is 125 Å². The van der Waals surface area contributed by atoms with Crippen LogP contribution >= 0.6 is 27.3 Å². The standard InChI is InChI=1S/C46H29BrN2S/c47-31-15-13-14-30(28-31)35-20-9-11-24-40(35)48(32-16-3-1-4-17-32)34-26-27-41-39(29-34)43-44-38-23-10-12-25-42(38)50-46(44)37-22-8-7-21-36(37)45(43)49(41)33-18-5-2-6-19-33/h1-29H. The van der Waals surface area contributed by atoms with E-state index in [2.05, 4.69) is 201 Å². The molecule has 4 heteroatoms. The summed E-state index contributed by atoms with van der Waals surface area (Å²) in [4.78, 5) is 2.41. The Hall–Kier alpha value is -5.68. The molecule has 0 aliphatic rings. The third kappa shape index (κ3) is 4.53. The predicted octanol–water partition coefficient (Wildman–Crippen LogP) is 14.2. The first-order chi connectivity index (χ1) is 24.7. The lowest BCUT2D eigenvalue weighted by Crippen LogP contribution is -2.11. The van der Waals surface area contributed by atoms with Gasteiger partial charge in [-0.3, -0.25) is 0 Å². The van der Waals surface area contributed by atoms with Gasteiger partial charge >= 0.3 is 0 Å². The highest BCUT2D eigenvalue weighted by Gasteiger charge is 2.24. The second-order valence-electron chi connectivity index (χ2n) is 12.6. The van der Waals surface area contributed by atoms with Crippen LogP contribution in [-0.4, -0.2) is 4.57 Å². The summed E-state index contributed by atoms with van der Waals surface area (Å²) in [6, 6.07) is 63.7. The molecule has 2 nitrogen and oxygen atoms in total. The van der Waals surface area contributed by atoms with Crippen LogP contribution in [0.15, 0.2) is 180 Å². The minimum atomic E-state index is 1.06. The number of benzene rings is 8. The molecule has 0 saturated carbocycles. The Morgan fingerprint density at radius 2 is 1.20 bits per heavy atom. The van der Waals surface area contributed by atoms with Gasteiger partial charge < -0.3 is 9.47 Å². The largest absolute Gasteiger partial charge is 0.310 e. The summed E-state index contributed by atoms with van der Waals surface area (Å²) in [5.41, 5.74) is 9.27. The summed E-state index contributed by atoms with van der Waals surface area (Å²) in [5.74, 6) is 0. The average molecular weight is 722 g/mol. The van der Waals surface area contributed by atoms with Crippen molar-refractivity contribution in [2.24, 2.45) is 0 Å². The maximum Gasteiger partial charge on any atom is 0.0626 e. The van der Waals surface area contributed by atoms with Crippen molar-refractivity contribution in [3.63, 3.8) is 0 Å². The number of aromatic nitrogens is 1. The van der Waals surface area contributed by atoms with E-state index in [1.807, 2.05) is 11.3 Å². The summed E-state index contributed by atoms with van der Waals surface area (Å²) in [7, 11) is 0. The molecular weight excluding hydrogens is 692 g/mol. The zero-order chi connectivity index (χ0) is 33.2. The third-order valence-corrected chi connectivity index (χ3v) is 11.5. The lowest BCUT2D eigenvalue weighted by molar-refractivity contribution is 1.19. The van der Waals surface area contributed by atoms with Gasteiger partial charge in [0.2, 0.25) is 0 Å². The van der Waals surface area contributed by atoms with Crippen LogP contribution in [0, 0.1) is 0 Å². The van der Waals surface area contributed by atoms with E-state index in [1.165, 1.54) is 58.3 Å². The molecule has 0 bridgehead atoms. The summed E-state index contributed by atoms with van der Waals surface area (Å²) < 4.78 is 6.19. The molecule has 8 aromatic carbocycles. The number of hydrogen-bond donors (Lipinski definition) is 0. The fraction of sp³-hybridized carbons (Fsp3) is 0. The van der Waals surface area contributed by atoms with Crippen molar-refractivity contribution in [2.45, 2.75) is 0 Å². The van der Waals surface area contributed by atoms with E-state index in [0.717, 1.165) is 32.8 Å². The Morgan fingerprint density at radius 3 is 2.02 bits per heavy atom. The number of fused-ring (bicyclic) bond motifs is 10. The maximum absolute atomic E-state index is 3.72. The van der Waals surface area contributed by atoms with Crippen LogP contribution in [0.2, 0.25) is 0 Å². The van der Waals surface area contributed by atoms with Crippen LogP contribution in [0.25, 0.3) is 69.6 Å². The number of rotatable bonds is 5. The van der Waals surface area contributed by atoms with E-state index in [4.69, 9.17) is 0 Å². The highest BCUT2D eigenvalue weighted by molar-refractivity contribution is 9.10. The molecule has 236 valence electrons. The number of thiophene rings is 1. The second-order valence-corrected chi connectivity index (χ2v) is 14.6. The Balaban J connectivity index is 1.36. The van der Waals surface area contributed by atoms with Gasteiger partial charge in [0, 0.05) is 68.8 Å². The van der Waals surface area contributed by atoms with Crippen LogP contribution in [0.4, 0.5) is 17.1 Å². The molecule has 2 heterocycles. The Labute approximate surface area is 302 Å². The van der Waals surface area contributed by atoms with Gasteiger partial charge in [0.05, 0.1) is 16.7 Å². The molecule has 0 aliphatic carbocycles. The Kier molecular flexibility index (Phi) is 6.86. The third-order valence-electron chi connectivity index (χ3n) is 9.79. The molecule has 0 spiro atoms. The molecule has 0 atom stereocenters. The van der Waals surface area contributed by atoms with Crippen molar-refractivity contribution < 1.29 is 0 Å². The molecule has 0 amide bonds. The van der Waals surface area contributed by atoms with E-state index in [-0.39, 0.29) is 0 Å². The van der Waals surface area contributed by atoms with Gasteiger partial charge in [-0.2, -0.15) is 0 Å². The van der Waals surface area contributed by atoms with Crippen LogP contribution in [0.5, 0.6) is 0 Å². The normalized spacial score (nSPS) is 11.7. The average Bonchev–Trinajstić information content (AvgIpc) is 3.72. The first-order valence-corrected chi connectivity index (χ1v) is 18.4. The van der Waals surface area contributed by atoms with Gasteiger partial charge in [0.25, 0.3) is 0 Å². The Morgan fingerprint density at radius 1 is 0.500 bits per heavy atom. The number of anilines is 3. The molecule has 10 rings (SSSR count). The second kappa shape index (κ2) is 11.7. The fourth-order valence-electron chi connectivity index (χ4n) is 7.72. The number of hydrogen-bond acceptors (Lipinski definition) is 2. The lowest BCUT2D eigenvalue weighted by Gasteiger charge is -2.28. The van der Waals surface area contributed by atoms with Gasteiger partial charge in [-0.15, -0.1) is 11.3 Å². The highest BCUT2D eigenvalue weighted by atomic mass is 79.9. The maximum atomic E-state index is 3.72. The summed E-state index contributed by atoms with van der Waals surface area (Å²) >= 11 is 5.62. The quantitative estimate of drug-likeness (QED) is 0.172. The molecule has 0 fully saturated rings. The van der Waals surface area contributed by atoms with Gasteiger partial charge in [-0.25, -0.2) is 0 Å². The van der Waals surface area contributed by atoms with Crippen molar-refractivity contribution in [3.05, 3.63) is 180 Å². The van der Waals surface area contributed by atoms with Crippen LogP contribution in [-0.2, 0) is 0 Å². The number of para-hydroxylation sites is 3. The molecule has 10 aromatic rings. The van der Waals surface area contributed by atoms with Crippen molar-refractivity contribution >= 4 is 97.1 Å². The SMILES string of the molecule is Brc1cccc(-c2ccccc2N(c2ccccc2)c2ccc3c(c2)c2c4c5ccccc5sc4c4ccccc4c2n3-c2ccccc2)c1. The van der Waals surface area contributed by atoms with Crippen LogP contribution < -0.4 is 4.90 Å². The van der Waals surface area contributed by atoms with Crippen molar-refractivity contribution in [1.82, 2.24) is 4.57 Å². The number of halogens is 1. The molecule has 50 heavy (non-hydrogen) atoms. The van der Waals surface area contributed by atoms with Crippen molar-refractivity contribution in [1.29, 1.82) is 0 Å². The Bertz CT molecular complexity index is 2890. The summed E-state index contributed by atoms with van der Waals surface area (Å²) in [6.07, 6.45) is 0. The molecule has 2 aromatic heterocycles. The first-order valence-electron chi connectivity index (χ1n) is 16.8. The van der Waals surface area contributed by atoms with E-state index in [1.54, 1.807) is 0 Å². The minimum Gasteiger partial charge on any atom is -0.310 e. The first kappa shape index (κ1) is 29.3. The monoisotopic (exact) mass is 720 g/mol. The molecule has 0 aliphatic heterocycles. The highest BCUT2D eigenvalue weighted by Crippen LogP contribution is 2.49. The van der Waals surface area contributed by atoms with Crippen LogP contribution in [0.3, 0.4) is 0 Å². The smallest absolute Gasteiger partial charge is 0.0626 e. The van der Waals surface area contributed by atoms with E-state index in [0.29, 0.717) is 0 Å². The van der Waals surface area contributed by atoms with E-state index < -0.39 is 0 Å². The van der Waals surface area contributed by atoms with Gasteiger partial charge in [-0.05, 0) is 72.3 Å². The molecular formula is C46H29BrN2S. The zero-order valence-electron chi connectivity index (χ0n) is 26.9. The van der Waals surface area contributed by atoms with E-state index >= 15 is 0 Å². The van der Waals surface area contributed by atoms with Crippen molar-refractivity contribution in [2.75, 3.05) is 4.90 Å². The summed E-state index contributed by atoms with van der Waals surface area (Å²) in [6.45, 7) is 0. The summed E-state index contributed by atoms with van der Waals surface area (Å²) in [5, 5.41) is 7.73. The molecule has 0 N–H and O–H groups in total. The predicted molar refractivity (Wildman–Crippen MR) is 219 cm³/mol. The lowest BCUT2D eigenvalue weighted by atomic mass is 9.99. The van der Waals surface area contributed by atoms with Gasteiger partial charge in [0.1, 0.15) is 0 Å². The molecule has 0 radical (unpaired) electrons. The van der Waals surface area contributed by atoms with Crippen LogP contribution in [0.1, 0.15) is 0 Å². The fourth-order valence-corrected chi connectivity index (χ4v) is 9.36. The molecule has 0 unspecified atom stereocenters. The van der Waals surface area contributed by atoms with E-state index in [9.17, 15) is 0 Å². The topological polar surface area (TPSA) is 8.17 Å².